The van der Waals surface area contributed by atoms with Crippen LogP contribution in [0, 0.1) is 5.21 Å². The molecule has 0 aliphatic carbocycles. The third-order valence-corrected chi connectivity index (χ3v) is 2.00. The third-order valence-electron chi connectivity index (χ3n) is 2.00. The lowest BCUT2D eigenvalue weighted by molar-refractivity contribution is -0.416. The number of hydrogen-bond donors (Lipinski definition) is 0. The molecule has 0 aliphatic heterocycles. The summed E-state index contributed by atoms with van der Waals surface area (Å²) in [5, 5.41) is 11.9. The summed E-state index contributed by atoms with van der Waals surface area (Å²) in [6, 6.07) is 9.58. The number of fused-ring (bicyclic) bond motifs is 1. The van der Waals surface area contributed by atoms with Gasteiger partial charge in [-0.1, -0.05) is 18.2 Å². The SMILES string of the molecule is C/[N+]([O-])=C/c1ccnc2ccccc12. The molecule has 0 saturated heterocycles. The third kappa shape index (κ3) is 1.57. The predicted molar refractivity (Wildman–Crippen MR) is 56.5 cm³/mol. The lowest BCUT2D eigenvalue weighted by atomic mass is 10.1. The smallest absolute Gasteiger partial charge is 0.182 e. The van der Waals surface area contributed by atoms with Crippen LogP contribution in [-0.2, 0) is 0 Å². The van der Waals surface area contributed by atoms with Gasteiger partial charge in [0, 0.05) is 17.1 Å². The van der Waals surface area contributed by atoms with Gasteiger partial charge < -0.3 is 5.21 Å². The summed E-state index contributed by atoms with van der Waals surface area (Å²) < 4.78 is 0.793. The Kier molecular flexibility index (Phi) is 2.14. The molecule has 0 atom stereocenters. The molecule has 0 aliphatic rings. The number of benzene rings is 1. The zero-order chi connectivity index (χ0) is 9.97. The van der Waals surface area contributed by atoms with Crippen molar-refractivity contribution in [1.29, 1.82) is 0 Å². The molecule has 0 amide bonds. The van der Waals surface area contributed by atoms with E-state index in [2.05, 4.69) is 4.98 Å². The Morgan fingerprint density at radius 2 is 2.07 bits per heavy atom. The van der Waals surface area contributed by atoms with E-state index in [4.69, 9.17) is 0 Å². The minimum Gasteiger partial charge on any atom is -0.624 e. The van der Waals surface area contributed by atoms with Crippen molar-refractivity contribution in [2.24, 2.45) is 0 Å². The van der Waals surface area contributed by atoms with Crippen molar-refractivity contribution >= 4 is 17.1 Å². The molecule has 3 heteroatoms. The van der Waals surface area contributed by atoms with Gasteiger partial charge in [-0.05, 0) is 12.1 Å². The second kappa shape index (κ2) is 3.46. The molecule has 0 N–H and O–H groups in total. The van der Waals surface area contributed by atoms with Crippen LogP contribution in [0.3, 0.4) is 0 Å². The fourth-order valence-corrected chi connectivity index (χ4v) is 1.43. The van der Waals surface area contributed by atoms with Gasteiger partial charge in [-0.25, -0.2) is 4.74 Å². The van der Waals surface area contributed by atoms with E-state index in [9.17, 15) is 5.21 Å². The van der Waals surface area contributed by atoms with Crippen LogP contribution in [-0.4, -0.2) is 23.0 Å². The summed E-state index contributed by atoms with van der Waals surface area (Å²) in [6.45, 7) is 0. The van der Waals surface area contributed by atoms with Crippen LogP contribution in [0.1, 0.15) is 5.56 Å². The monoisotopic (exact) mass is 186 g/mol. The summed E-state index contributed by atoms with van der Waals surface area (Å²) in [5.74, 6) is 0. The molecule has 2 rings (SSSR count). The number of hydroxylamine groups is 1. The Labute approximate surface area is 81.9 Å². The maximum Gasteiger partial charge on any atom is 0.182 e. The topological polar surface area (TPSA) is 39.0 Å². The second-order valence-corrected chi connectivity index (χ2v) is 3.09. The molecule has 0 saturated carbocycles. The number of rotatable bonds is 1. The first-order valence-corrected chi connectivity index (χ1v) is 4.36. The van der Waals surface area contributed by atoms with E-state index in [0.29, 0.717) is 0 Å². The van der Waals surface area contributed by atoms with Crippen LogP contribution in [0.4, 0.5) is 0 Å². The van der Waals surface area contributed by atoms with E-state index in [0.717, 1.165) is 21.2 Å². The van der Waals surface area contributed by atoms with E-state index in [1.807, 2.05) is 30.3 Å². The first-order chi connectivity index (χ1) is 6.77. The fourth-order valence-electron chi connectivity index (χ4n) is 1.43. The Morgan fingerprint density at radius 1 is 1.29 bits per heavy atom. The molecule has 14 heavy (non-hydrogen) atoms. The summed E-state index contributed by atoms with van der Waals surface area (Å²) in [7, 11) is 1.47. The number of para-hydroxylation sites is 1. The van der Waals surface area contributed by atoms with Gasteiger partial charge in [-0.15, -0.1) is 0 Å². The minimum atomic E-state index is 0.793. The van der Waals surface area contributed by atoms with Gasteiger partial charge in [-0.2, -0.15) is 0 Å². The molecule has 2 aromatic rings. The highest BCUT2D eigenvalue weighted by Gasteiger charge is 2.00. The molecule has 0 bridgehead atoms. The molecular formula is C11H10N2O. The van der Waals surface area contributed by atoms with Crippen LogP contribution in [0.2, 0.25) is 0 Å². The maximum absolute atomic E-state index is 10.9. The zero-order valence-corrected chi connectivity index (χ0v) is 7.84. The van der Waals surface area contributed by atoms with Crippen molar-refractivity contribution in [3.05, 3.63) is 47.3 Å². The number of pyridine rings is 1. The standard InChI is InChI=1S/C11H10N2O/c1-13(14)8-9-6-7-12-11-5-3-2-4-10(9)11/h2-8H,1H3/b13-8-. The number of nitrogens with zero attached hydrogens (tertiary/aromatic N) is 2. The molecule has 3 nitrogen and oxygen atoms in total. The van der Waals surface area contributed by atoms with E-state index >= 15 is 0 Å². The van der Waals surface area contributed by atoms with Gasteiger partial charge in [0.15, 0.2) is 6.21 Å². The Balaban J connectivity index is 2.71. The summed E-state index contributed by atoms with van der Waals surface area (Å²) in [6.07, 6.45) is 3.25. The summed E-state index contributed by atoms with van der Waals surface area (Å²) >= 11 is 0. The average Bonchev–Trinajstić information content (AvgIpc) is 2.18. The minimum absolute atomic E-state index is 0.793. The van der Waals surface area contributed by atoms with Crippen LogP contribution in [0.15, 0.2) is 36.5 Å². The Bertz CT molecular complexity index is 482. The molecule has 0 radical (unpaired) electrons. The molecule has 70 valence electrons. The second-order valence-electron chi connectivity index (χ2n) is 3.09. The molecule has 1 aromatic carbocycles. The van der Waals surface area contributed by atoms with Crippen molar-refractivity contribution in [3.63, 3.8) is 0 Å². The first-order valence-electron chi connectivity index (χ1n) is 4.36. The highest BCUT2D eigenvalue weighted by molar-refractivity contribution is 5.96. The van der Waals surface area contributed by atoms with Crippen LogP contribution < -0.4 is 0 Å². The Morgan fingerprint density at radius 3 is 2.86 bits per heavy atom. The van der Waals surface area contributed by atoms with Crippen molar-refractivity contribution in [1.82, 2.24) is 4.98 Å². The summed E-state index contributed by atoms with van der Waals surface area (Å²) in [4.78, 5) is 4.21. The van der Waals surface area contributed by atoms with E-state index in [1.165, 1.54) is 7.05 Å². The van der Waals surface area contributed by atoms with Gasteiger partial charge in [0.2, 0.25) is 0 Å². The van der Waals surface area contributed by atoms with Gasteiger partial charge in [0.25, 0.3) is 0 Å². The van der Waals surface area contributed by atoms with E-state index < -0.39 is 0 Å². The summed E-state index contributed by atoms with van der Waals surface area (Å²) in [5.41, 5.74) is 1.80. The van der Waals surface area contributed by atoms with Crippen molar-refractivity contribution in [2.75, 3.05) is 7.05 Å². The highest BCUT2D eigenvalue weighted by atomic mass is 16.5. The van der Waals surface area contributed by atoms with Gasteiger partial charge >= 0.3 is 0 Å². The molecule has 1 aromatic heterocycles. The molecule has 0 unspecified atom stereocenters. The molecule has 0 spiro atoms. The van der Waals surface area contributed by atoms with Crippen LogP contribution >= 0.6 is 0 Å². The lowest BCUT2D eigenvalue weighted by Crippen LogP contribution is -1.98. The molecule has 0 fully saturated rings. The highest BCUT2D eigenvalue weighted by Crippen LogP contribution is 2.13. The van der Waals surface area contributed by atoms with Crippen molar-refractivity contribution in [2.45, 2.75) is 0 Å². The van der Waals surface area contributed by atoms with Crippen molar-refractivity contribution in [3.8, 4) is 0 Å². The maximum atomic E-state index is 10.9. The van der Waals surface area contributed by atoms with Crippen LogP contribution in [0.5, 0.6) is 0 Å². The Hall–Kier alpha value is -1.90. The van der Waals surface area contributed by atoms with Crippen molar-refractivity contribution < 1.29 is 4.74 Å². The number of aromatic nitrogens is 1. The fraction of sp³-hybridized carbons (Fsp3) is 0.0909. The largest absolute Gasteiger partial charge is 0.624 e. The lowest BCUT2D eigenvalue weighted by Gasteiger charge is -2.00. The molecular weight excluding hydrogens is 176 g/mol. The normalized spacial score (nSPS) is 11.9. The van der Waals surface area contributed by atoms with Crippen LogP contribution in [0.25, 0.3) is 10.9 Å². The van der Waals surface area contributed by atoms with Gasteiger partial charge in [-0.3, -0.25) is 4.98 Å². The first kappa shape index (κ1) is 8.69. The quantitative estimate of drug-likeness (QED) is 0.295. The van der Waals surface area contributed by atoms with Gasteiger partial charge in [0.1, 0.15) is 7.05 Å². The number of hydrogen-bond acceptors (Lipinski definition) is 2. The average molecular weight is 186 g/mol. The molecule has 1 heterocycles. The van der Waals surface area contributed by atoms with E-state index in [-0.39, 0.29) is 0 Å². The zero-order valence-electron chi connectivity index (χ0n) is 7.84. The predicted octanol–water partition coefficient (Wildman–Crippen LogP) is 1.79. The van der Waals surface area contributed by atoms with E-state index in [1.54, 1.807) is 12.4 Å². The van der Waals surface area contributed by atoms with Gasteiger partial charge in [0.05, 0.1) is 5.52 Å².